The SMILES string of the molecule is Cc1cccc(C)c1NC(=O)c1ccc2nc(NC(=O)OC(C)(C)C)sc2c1. The number of hydrogen-bond acceptors (Lipinski definition) is 5. The van der Waals surface area contributed by atoms with E-state index in [-0.39, 0.29) is 5.91 Å². The summed E-state index contributed by atoms with van der Waals surface area (Å²) in [5, 5.41) is 6.04. The van der Waals surface area contributed by atoms with Crippen LogP contribution in [-0.2, 0) is 4.74 Å². The molecular weight excluding hydrogens is 374 g/mol. The van der Waals surface area contributed by atoms with Gasteiger partial charge in [-0.3, -0.25) is 10.1 Å². The molecule has 0 spiro atoms. The molecule has 0 bridgehead atoms. The van der Waals surface area contributed by atoms with Crippen LogP contribution in [0.3, 0.4) is 0 Å². The molecule has 3 aromatic rings. The number of nitrogens with one attached hydrogen (secondary N) is 2. The minimum atomic E-state index is -0.584. The molecule has 3 rings (SSSR count). The first-order valence-corrected chi connectivity index (χ1v) is 9.72. The highest BCUT2D eigenvalue weighted by Gasteiger charge is 2.18. The molecule has 2 aromatic carbocycles. The Balaban J connectivity index is 1.79. The number of carbonyl (C=O) groups excluding carboxylic acids is 2. The number of thiazole rings is 1. The standard InChI is InChI=1S/C21H23N3O3S/c1-12-7-6-8-13(2)17(12)23-18(25)14-9-10-15-16(11-14)28-19(22-15)24-20(26)27-21(3,4)5/h6-11H,1-5H3,(H,23,25)(H,22,24,26). The minimum absolute atomic E-state index is 0.186. The van der Waals surface area contributed by atoms with Crippen molar-refractivity contribution in [1.82, 2.24) is 4.98 Å². The monoisotopic (exact) mass is 397 g/mol. The van der Waals surface area contributed by atoms with Crippen LogP contribution in [0.15, 0.2) is 36.4 Å². The number of aromatic nitrogens is 1. The lowest BCUT2D eigenvalue weighted by Crippen LogP contribution is -2.27. The van der Waals surface area contributed by atoms with Crippen LogP contribution < -0.4 is 10.6 Å². The van der Waals surface area contributed by atoms with E-state index in [9.17, 15) is 9.59 Å². The maximum atomic E-state index is 12.7. The van der Waals surface area contributed by atoms with Crippen molar-refractivity contribution in [2.75, 3.05) is 10.6 Å². The Morgan fingerprint density at radius 3 is 2.36 bits per heavy atom. The summed E-state index contributed by atoms with van der Waals surface area (Å²) in [4.78, 5) is 29.0. The third kappa shape index (κ3) is 4.67. The van der Waals surface area contributed by atoms with Crippen molar-refractivity contribution in [3.05, 3.63) is 53.1 Å². The van der Waals surface area contributed by atoms with Gasteiger partial charge < -0.3 is 10.1 Å². The van der Waals surface area contributed by atoms with Crippen molar-refractivity contribution >= 4 is 44.4 Å². The van der Waals surface area contributed by atoms with Gasteiger partial charge in [-0.05, 0) is 63.9 Å². The van der Waals surface area contributed by atoms with E-state index < -0.39 is 11.7 Å². The molecule has 0 atom stereocenters. The lowest BCUT2D eigenvalue weighted by molar-refractivity contribution is 0.0635. The second-order valence-electron chi connectivity index (χ2n) is 7.55. The van der Waals surface area contributed by atoms with Gasteiger partial charge in [-0.25, -0.2) is 9.78 Å². The third-order valence-corrected chi connectivity index (χ3v) is 4.91. The van der Waals surface area contributed by atoms with E-state index in [0.717, 1.165) is 21.5 Å². The summed E-state index contributed by atoms with van der Waals surface area (Å²) < 4.78 is 6.05. The number of nitrogens with zero attached hydrogens (tertiary/aromatic N) is 1. The van der Waals surface area contributed by atoms with Gasteiger partial charge in [-0.1, -0.05) is 29.5 Å². The van der Waals surface area contributed by atoms with Crippen LogP contribution in [0, 0.1) is 13.8 Å². The number of benzene rings is 2. The summed E-state index contributed by atoms with van der Waals surface area (Å²) in [6.07, 6.45) is -0.556. The first-order valence-electron chi connectivity index (χ1n) is 8.90. The number of carbonyl (C=O) groups is 2. The number of aryl methyl sites for hydroxylation is 2. The average Bonchev–Trinajstić information content (AvgIpc) is 2.97. The fourth-order valence-electron chi connectivity index (χ4n) is 2.71. The Kier molecular flexibility index (Phi) is 5.38. The van der Waals surface area contributed by atoms with E-state index in [2.05, 4.69) is 15.6 Å². The van der Waals surface area contributed by atoms with Gasteiger partial charge in [0.1, 0.15) is 5.60 Å². The van der Waals surface area contributed by atoms with Crippen molar-refractivity contribution < 1.29 is 14.3 Å². The number of anilines is 2. The third-order valence-electron chi connectivity index (χ3n) is 3.98. The van der Waals surface area contributed by atoms with Crippen LogP contribution in [0.25, 0.3) is 10.2 Å². The minimum Gasteiger partial charge on any atom is -0.444 e. The number of hydrogen-bond donors (Lipinski definition) is 2. The van der Waals surface area contributed by atoms with E-state index in [0.29, 0.717) is 16.2 Å². The second-order valence-corrected chi connectivity index (χ2v) is 8.58. The predicted octanol–water partition coefficient (Wildman–Crippen LogP) is 5.51. The van der Waals surface area contributed by atoms with Crippen molar-refractivity contribution in [3.63, 3.8) is 0 Å². The smallest absolute Gasteiger partial charge is 0.413 e. The lowest BCUT2D eigenvalue weighted by Gasteiger charge is -2.18. The zero-order chi connectivity index (χ0) is 20.5. The number of para-hydroxylation sites is 1. The van der Waals surface area contributed by atoms with Crippen molar-refractivity contribution in [3.8, 4) is 0 Å². The summed E-state index contributed by atoms with van der Waals surface area (Å²) in [7, 11) is 0. The predicted molar refractivity (Wildman–Crippen MR) is 113 cm³/mol. The topological polar surface area (TPSA) is 80.3 Å². The van der Waals surface area contributed by atoms with E-state index in [1.54, 1.807) is 39.0 Å². The van der Waals surface area contributed by atoms with Gasteiger partial charge in [0.2, 0.25) is 0 Å². The molecule has 0 fully saturated rings. The Morgan fingerprint density at radius 2 is 1.71 bits per heavy atom. The molecule has 0 aliphatic heterocycles. The molecule has 0 saturated heterocycles. The molecule has 0 aliphatic rings. The quantitative estimate of drug-likeness (QED) is 0.610. The van der Waals surface area contributed by atoms with Crippen molar-refractivity contribution in [2.24, 2.45) is 0 Å². The van der Waals surface area contributed by atoms with Gasteiger partial charge in [-0.15, -0.1) is 0 Å². The van der Waals surface area contributed by atoms with Crippen molar-refractivity contribution in [2.45, 2.75) is 40.2 Å². The summed E-state index contributed by atoms with van der Waals surface area (Å²) in [5.74, 6) is -0.186. The van der Waals surface area contributed by atoms with Gasteiger partial charge in [0, 0.05) is 11.3 Å². The van der Waals surface area contributed by atoms with E-state index in [1.807, 2.05) is 32.0 Å². The van der Waals surface area contributed by atoms with Crippen molar-refractivity contribution in [1.29, 1.82) is 0 Å². The highest BCUT2D eigenvalue weighted by atomic mass is 32.1. The van der Waals surface area contributed by atoms with Gasteiger partial charge in [0.05, 0.1) is 10.2 Å². The zero-order valence-electron chi connectivity index (χ0n) is 16.5. The Hall–Kier alpha value is -2.93. The maximum absolute atomic E-state index is 12.7. The molecular formula is C21H23N3O3S. The molecule has 6 nitrogen and oxygen atoms in total. The largest absolute Gasteiger partial charge is 0.444 e. The van der Waals surface area contributed by atoms with Crippen LogP contribution in [0.5, 0.6) is 0 Å². The molecule has 0 radical (unpaired) electrons. The van der Waals surface area contributed by atoms with E-state index in [4.69, 9.17) is 4.74 Å². The number of ether oxygens (including phenoxy) is 1. The van der Waals surface area contributed by atoms with Crippen LogP contribution in [0.1, 0.15) is 42.3 Å². The Labute approximate surface area is 167 Å². The molecule has 1 aromatic heterocycles. The molecule has 2 amide bonds. The highest BCUT2D eigenvalue weighted by molar-refractivity contribution is 7.22. The van der Waals surface area contributed by atoms with Crippen LogP contribution in [0.2, 0.25) is 0 Å². The zero-order valence-corrected chi connectivity index (χ0v) is 17.4. The molecule has 2 N–H and O–H groups in total. The van der Waals surface area contributed by atoms with Crippen LogP contribution >= 0.6 is 11.3 Å². The van der Waals surface area contributed by atoms with Crippen LogP contribution in [-0.4, -0.2) is 22.6 Å². The van der Waals surface area contributed by atoms with Crippen LogP contribution in [0.4, 0.5) is 15.6 Å². The number of fused-ring (bicyclic) bond motifs is 1. The Bertz CT molecular complexity index is 1030. The lowest BCUT2D eigenvalue weighted by atomic mass is 10.1. The summed E-state index contributed by atoms with van der Waals surface area (Å²) >= 11 is 1.29. The summed E-state index contributed by atoms with van der Waals surface area (Å²) in [5.41, 5.74) is 3.50. The molecule has 146 valence electrons. The first kappa shape index (κ1) is 19.8. The molecule has 0 saturated carbocycles. The van der Waals surface area contributed by atoms with E-state index in [1.165, 1.54) is 11.3 Å². The summed E-state index contributed by atoms with van der Waals surface area (Å²) in [6, 6.07) is 11.2. The molecule has 1 heterocycles. The maximum Gasteiger partial charge on any atom is 0.413 e. The molecule has 0 aliphatic carbocycles. The van der Waals surface area contributed by atoms with Gasteiger partial charge >= 0.3 is 6.09 Å². The first-order chi connectivity index (χ1) is 13.1. The van der Waals surface area contributed by atoms with Gasteiger partial charge in [0.25, 0.3) is 5.91 Å². The number of amides is 2. The summed E-state index contributed by atoms with van der Waals surface area (Å²) in [6.45, 7) is 9.32. The van der Waals surface area contributed by atoms with Gasteiger partial charge in [-0.2, -0.15) is 0 Å². The normalized spacial score (nSPS) is 11.3. The number of rotatable bonds is 3. The van der Waals surface area contributed by atoms with Gasteiger partial charge in [0.15, 0.2) is 5.13 Å². The average molecular weight is 398 g/mol. The molecule has 0 unspecified atom stereocenters. The fourth-order valence-corrected chi connectivity index (χ4v) is 3.60. The fraction of sp³-hybridized carbons (Fsp3) is 0.286. The molecule has 28 heavy (non-hydrogen) atoms. The Morgan fingerprint density at radius 1 is 1.04 bits per heavy atom. The van der Waals surface area contributed by atoms with E-state index >= 15 is 0 Å². The highest BCUT2D eigenvalue weighted by Crippen LogP contribution is 2.28. The second kappa shape index (κ2) is 7.59. The molecule has 7 heteroatoms.